The summed E-state index contributed by atoms with van der Waals surface area (Å²) in [5.74, 6) is -1.28. The Kier molecular flexibility index (Phi) is 5.41. The average molecular weight is 320 g/mol. The monoisotopic (exact) mass is 320 g/mol. The summed E-state index contributed by atoms with van der Waals surface area (Å²) < 4.78 is 12.9. The fourth-order valence-corrected chi connectivity index (χ4v) is 2.70. The number of carboxylic acids is 1. The van der Waals surface area contributed by atoms with Crippen LogP contribution in [0.1, 0.15) is 25.9 Å². The van der Waals surface area contributed by atoms with E-state index in [1.54, 1.807) is 24.3 Å². The molecule has 0 fully saturated rings. The Bertz CT molecular complexity index is 678. The van der Waals surface area contributed by atoms with Crippen LogP contribution in [0.25, 0.3) is 12.2 Å². The molecule has 2 rings (SSSR count). The molecule has 0 bridgehead atoms. The van der Waals surface area contributed by atoms with E-state index in [-0.39, 0.29) is 10.7 Å². The molecule has 0 aliphatic carbocycles. The predicted molar refractivity (Wildman–Crippen MR) is 86.7 cm³/mol. The van der Waals surface area contributed by atoms with Crippen molar-refractivity contribution in [3.63, 3.8) is 0 Å². The van der Waals surface area contributed by atoms with Gasteiger partial charge in [-0.05, 0) is 37.9 Å². The van der Waals surface area contributed by atoms with E-state index >= 15 is 0 Å². The van der Waals surface area contributed by atoms with Crippen molar-refractivity contribution >= 4 is 29.5 Å². The SMILES string of the molecule is CN(C)CCc1nc(/C=C/c2ccc(F)cc2)c(C(=O)O)s1. The highest BCUT2D eigenvalue weighted by Gasteiger charge is 2.15. The largest absolute Gasteiger partial charge is 0.477 e. The Morgan fingerprint density at radius 3 is 2.59 bits per heavy atom. The van der Waals surface area contributed by atoms with Crippen LogP contribution in [-0.2, 0) is 6.42 Å². The number of likely N-dealkylation sites (N-methyl/N-ethyl adjacent to an activating group) is 1. The van der Waals surface area contributed by atoms with Crippen molar-refractivity contribution in [1.29, 1.82) is 0 Å². The van der Waals surface area contributed by atoms with Crippen molar-refractivity contribution in [2.45, 2.75) is 6.42 Å². The normalized spacial score (nSPS) is 11.5. The molecule has 4 nitrogen and oxygen atoms in total. The summed E-state index contributed by atoms with van der Waals surface area (Å²) in [4.78, 5) is 17.9. The maximum atomic E-state index is 12.9. The van der Waals surface area contributed by atoms with Crippen molar-refractivity contribution in [2.75, 3.05) is 20.6 Å². The van der Waals surface area contributed by atoms with E-state index in [2.05, 4.69) is 4.98 Å². The molecule has 0 unspecified atom stereocenters. The fraction of sp³-hybridized carbons (Fsp3) is 0.250. The van der Waals surface area contributed by atoms with Gasteiger partial charge in [0.2, 0.25) is 0 Å². The number of nitrogens with zero attached hydrogens (tertiary/aromatic N) is 2. The van der Waals surface area contributed by atoms with Crippen LogP contribution in [0.2, 0.25) is 0 Å². The molecule has 6 heteroatoms. The van der Waals surface area contributed by atoms with Gasteiger partial charge in [0.05, 0.1) is 10.7 Å². The number of benzene rings is 1. The van der Waals surface area contributed by atoms with Gasteiger partial charge < -0.3 is 10.0 Å². The highest BCUT2D eigenvalue weighted by Crippen LogP contribution is 2.21. The molecular formula is C16H17FN2O2S. The summed E-state index contributed by atoms with van der Waals surface area (Å²) in [7, 11) is 3.92. The van der Waals surface area contributed by atoms with Crippen molar-refractivity contribution in [3.05, 3.63) is 51.2 Å². The van der Waals surface area contributed by atoms with Crippen LogP contribution in [0.15, 0.2) is 24.3 Å². The van der Waals surface area contributed by atoms with E-state index in [4.69, 9.17) is 0 Å². The van der Waals surface area contributed by atoms with E-state index in [0.717, 1.165) is 17.1 Å². The third kappa shape index (κ3) is 4.47. The van der Waals surface area contributed by atoms with Gasteiger partial charge in [-0.1, -0.05) is 18.2 Å². The molecule has 1 aromatic heterocycles. The number of hydrogen-bond donors (Lipinski definition) is 1. The Morgan fingerprint density at radius 2 is 2.00 bits per heavy atom. The topological polar surface area (TPSA) is 53.4 Å². The van der Waals surface area contributed by atoms with Crippen molar-refractivity contribution in [1.82, 2.24) is 9.88 Å². The number of aromatic nitrogens is 1. The first-order valence-electron chi connectivity index (χ1n) is 6.77. The van der Waals surface area contributed by atoms with Crippen LogP contribution < -0.4 is 0 Å². The maximum Gasteiger partial charge on any atom is 0.348 e. The number of aromatic carboxylic acids is 1. The van der Waals surface area contributed by atoms with Crippen LogP contribution in [0.4, 0.5) is 4.39 Å². The number of carbonyl (C=O) groups is 1. The minimum absolute atomic E-state index is 0.229. The van der Waals surface area contributed by atoms with Crippen molar-refractivity contribution in [3.8, 4) is 0 Å². The first-order valence-corrected chi connectivity index (χ1v) is 7.58. The van der Waals surface area contributed by atoms with E-state index in [1.807, 2.05) is 19.0 Å². The first kappa shape index (κ1) is 16.3. The zero-order valence-electron chi connectivity index (χ0n) is 12.4. The third-order valence-electron chi connectivity index (χ3n) is 2.97. The van der Waals surface area contributed by atoms with Gasteiger partial charge in [0.25, 0.3) is 0 Å². The third-order valence-corrected chi connectivity index (χ3v) is 4.09. The quantitative estimate of drug-likeness (QED) is 0.887. The summed E-state index contributed by atoms with van der Waals surface area (Å²) in [5.41, 5.74) is 1.23. The second-order valence-electron chi connectivity index (χ2n) is 5.07. The number of thiazole rings is 1. The molecule has 1 heterocycles. The Labute approximate surface area is 132 Å². The van der Waals surface area contributed by atoms with Crippen molar-refractivity contribution < 1.29 is 14.3 Å². The van der Waals surface area contributed by atoms with Crippen molar-refractivity contribution in [2.24, 2.45) is 0 Å². The van der Waals surface area contributed by atoms with Gasteiger partial charge in [0, 0.05) is 13.0 Å². The summed E-state index contributed by atoms with van der Waals surface area (Å²) in [5, 5.41) is 10.1. The molecule has 2 aromatic rings. The second kappa shape index (κ2) is 7.29. The number of hydrogen-bond acceptors (Lipinski definition) is 4. The molecule has 0 aliphatic heterocycles. The molecule has 0 spiro atoms. The number of rotatable bonds is 6. The smallest absolute Gasteiger partial charge is 0.348 e. The number of carboxylic acid groups (broad SMARTS) is 1. The molecule has 0 saturated carbocycles. The van der Waals surface area contributed by atoms with Crippen LogP contribution >= 0.6 is 11.3 Å². The molecule has 0 radical (unpaired) electrons. The second-order valence-corrected chi connectivity index (χ2v) is 6.15. The number of halogens is 1. The molecule has 0 atom stereocenters. The minimum atomic E-state index is -0.979. The van der Waals surface area contributed by atoms with E-state index in [1.165, 1.54) is 23.5 Å². The Hall–Kier alpha value is -2.05. The molecule has 1 N–H and O–H groups in total. The standard InChI is InChI=1S/C16H17FN2O2S/c1-19(2)10-9-14-18-13(15(22-14)16(20)21)8-5-11-3-6-12(17)7-4-11/h3-8H,9-10H2,1-2H3,(H,20,21)/b8-5+. The summed E-state index contributed by atoms with van der Waals surface area (Å²) >= 11 is 1.20. The Morgan fingerprint density at radius 1 is 1.32 bits per heavy atom. The van der Waals surface area contributed by atoms with Crippen LogP contribution in [0.5, 0.6) is 0 Å². The van der Waals surface area contributed by atoms with E-state index in [9.17, 15) is 14.3 Å². The van der Waals surface area contributed by atoms with E-state index < -0.39 is 5.97 Å². The highest BCUT2D eigenvalue weighted by molar-refractivity contribution is 7.13. The van der Waals surface area contributed by atoms with Gasteiger partial charge >= 0.3 is 5.97 Å². The first-order chi connectivity index (χ1) is 10.5. The molecule has 116 valence electrons. The lowest BCUT2D eigenvalue weighted by molar-refractivity contribution is 0.0701. The molecule has 1 aromatic carbocycles. The van der Waals surface area contributed by atoms with Gasteiger partial charge in [-0.3, -0.25) is 0 Å². The van der Waals surface area contributed by atoms with Crippen LogP contribution in [0.3, 0.4) is 0 Å². The summed E-state index contributed by atoms with van der Waals surface area (Å²) in [6, 6.07) is 5.99. The van der Waals surface area contributed by atoms with Crippen LogP contribution in [0, 0.1) is 5.82 Å². The van der Waals surface area contributed by atoms with Gasteiger partial charge in [0.15, 0.2) is 0 Å². The lowest BCUT2D eigenvalue weighted by atomic mass is 10.2. The summed E-state index contributed by atoms with van der Waals surface area (Å²) in [6.45, 7) is 0.813. The van der Waals surface area contributed by atoms with Crippen LogP contribution in [-0.4, -0.2) is 41.6 Å². The fourth-order valence-electron chi connectivity index (χ4n) is 1.82. The molecule has 0 saturated heterocycles. The highest BCUT2D eigenvalue weighted by atomic mass is 32.1. The molecule has 0 amide bonds. The zero-order chi connectivity index (χ0) is 16.1. The van der Waals surface area contributed by atoms with Gasteiger partial charge in [-0.2, -0.15) is 0 Å². The lowest BCUT2D eigenvalue weighted by Gasteiger charge is -2.06. The van der Waals surface area contributed by atoms with Gasteiger partial charge in [-0.25, -0.2) is 14.2 Å². The maximum absolute atomic E-state index is 12.9. The summed E-state index contributed by atoms with van der Waals surface area (Å²) in [6.07, 6.45) is 4.10. The predicted octanol–water partition coefficient (Wildman–Crippen LogP) is 3.25. The molecule has 22 heavy (non-hydrogen) atoms. The molecular weight excluding hydrogens is 303 g/mol. The van der Waals surface area contributed by atoms with E-state index in [0.29, 0.717) is 12.1 Å². The molecule has 0 aliphatic rings. The lowest BCUT2D eigenvalue weighted by Crippen LogP contribution is -2.14. The minimum Gasteiger partial charge on any atom is -0.477 e. The van der Waals surface area contributed by atoms with Gasteiger partial charge in [0.1, 0.15) is 10.7 Å². The van der Waals surface area contributed by atoms with Gasteiger partial charge in [-0.15, -0.1) is 11.3 Å². The average Bonchev–Trinajstić information content (AvgIpc) is 2.88. The Balaban J connectivity index is 2.21. The zero-order valence-corrected chi connectivity index (χ0v) is 13.2.